The maximum Gasteiger partial charge on any atom is 0.453 e. The number of rotatable bonds is 0. The number of halogens is 3. The second-order valence-corrected chi connectivity index (χ2v) is 2.73. The minimum atomic E-state index is -4.67. The quantitative estimate of drug-likeness (QED) is 0.653. The number of aromatic nitrogens is 4. The molecule has 0 radical (unpaired) electrons. The van der Waals surface area contributed by atoms with Crippen molar-refractivity contribution >= 4 is 11.6 Å². The molecule has 0 saturated heterocycles. The average molecular weight is 219 g/mol. The molecule has 0 saturated carbocycles. The van der Waals surface area contributed by atoms with Gasteiger partial charge in [0.15, 0.2) is 0 Å². The molecule has 0 amide bonds. The molecule has 2 aromatic heterocycles. The second-order valence-electron chi connectivity index (χ2n) is 2.73. The highest BCUT2D eigenvalue weighted by Gasteiger charge is 2.36. The summed E-state index contributed by atoms with van der Waals surface area (Å²) in [6.07, 6.45) is -4.67. The molecule has 0 aliphatic rings. The Balaban J connectivity index is 2.77. The van der Waals surface area contributed by atoms with Crippen molar-refractivity contribution in [1.82, 2.24) is 19.6 Å². The highest BCUT2D eigenvalue weighted by Crippen LogP contribution is 2.26. The molecule has 2 aromatic rings. The third kappa shape index (κ3) is 1.51. The van der Waals surface area contributed by atoms with E-state index in [-0.39, 0.29) is 11.6 Å². The molecule has 0 unspecified atom stereocenters. The Morgan fingerprint density at radius 2 is 2.13 bits per heavy atom. The molecule has 6 nitrogen and oxygen atoms in total. The van der Waals surface area contributed by atoms with Gasteiger partial charge in [0, 0.05) is 6.07 Å². The normalized spacial score (nSPS) is 12.2. The van der Waals surface area contributed by atoms with Crippen LogP contribution >= 0.6 is 0 Å². The standard InChI is InChI=1S/C6H4F3N5O/c7-6(8,9)4-12-5-11-3(15)1-2(10)14(5)13-4/h1H,10H2,(H,11,12,13,15). The van der Waals surface area contributed by atoms with Gasteiger partial charge in [-0.2, -0.15) is 22.7 Å². The summed E-state index contributed by atoms with van der Waals surface area (Å²) >= 11 is 0. The number of hydrogen-bond donors (Lipinski definition) is 2. The first kappa shape index (κ1) is 9.49. The Labute approximate surface area is 79.5 Å². The van der Waals surface area contributed by atoms with Gasteiger partial charge in [-0.3, -0.25) is 9.78 Å². The van der Waals surface area contributed by atoms with E-state index in [1.54, 1.807) is 0 Å². The number of aromatic amines is 1. The summed E-state index contributed by atoms with van der Waals surface area (Å²) in [6.45, 7) is 0. The first-order valence-electron chi connectivity index (χ1n) is 3.71. The molecule has 15 heavy (non-hydrogen) atoms. The molecule has 0 aliphatic carbocycles. The maximum absolute atomic E-state index is 12.2. The van der Waals surface area contributed by atoms with E-state index in [0.29, 0.717) is 4.52 Å². The minimum absolute atomic E-state index is 0.211. The van der Waals surface area contributed by atoms with Crippen LogP contribution in [0.5, 0.6) is 0 Å². The number of nitrogen functional groups attached to an aromatic ring is 1. The fourth-order valence-electron chi connectivity index (χ4n) is 1.03. The van der Waals surface area contributed by atoms with Crippen molar-refractivity contribution in [3.05, 3.63) is 22.2 Å². The van der Waals surface area contributed by atoms with E-state index in [2.05, 4.69) is 15.1 Å². The number of alkyl halides is 3. The van der Waals surface area contributed by atoms with Gasteiger partial charge in [0.05, 0.1) is 0 Å². The van der Waals surface area contributed by atoms with Gasteiger partial charge in [0.1, 0.15) is 5.82 Å². The third-order valence-corrected chi connectivity index (χ3v) is 1.62. The third-order valence-electron chi connectivity index (χ3n) is 1.62. The van der Waals surface area contributed by atoms with Gasteiger partial charge in [-0.25, -0.2) is 0 Å². The number of hydrogen-bond acceptors (Lipinski definition) is 4. The first-order valence-corrected chi connectivity index (χ1v) is 3.71. The molecule has 80 valence electrons. The Morgan fingerprint density at radius 1 is 1.47 bits per heavy atom. The number of nitrogens with zero attached hydrogens (tertiary/aromatic N) is 3. The van der Waals surface area contributed by atoms with Gasteiger partial charge >= 0.3 is 6.18 Å². The fraction of sp³-hybridized carbons (Fsp3) is 0.167. The van der Waals surface area contributed by atoms with E-state index >= 15 is 0 Å². The highest BCUT2D eigenvalue weighted by molar-refractivity contribution is 5.38. The molecule has 2 heterocycles. The number of anilines is 1. The Hall–Kier alpha value is -2.06. The smallest absolute Gasteiger partial charge is 0.383 e. The predicted octanol–water partition coefficient (Wildman–Crippen LogP) is 0.0186. The van der Waals surface area contributed by atoms with E-state index in [1.165, 1.54) is 0 Å². The molecule has 0 bridgehead atoms. The van der Waals surface area contributed by atoms with E-state index < -0.39 is 17.6 Å². The molecule has 0 fully saturated rings. The van der Waals surface area contributed by atoms with Crippen LogP contribution in [0.1, 0.15) is 5.82 Å². The van der Waals surface area contributed by atoms with E-state index in [0.717, 1.165) is 6.07 Å². The zero-order valence-electron chi connectivity index (χ0n) is 7.04. The molecule has 2 rings (SSSR count). The number of fused-ring (bicyclic) bond motifs is 1. The lowest BCUT2D eigenvalue weighted by atomic mass is 10.6. The van der Waals surface area contributed by atoms with Crippen molar-refractivity contribution in [1.29, 1.82) is 0 Å². The fourth-order valence-corrected chi connectivity index (χ4v) is 1.03. The van der Waals surface area contributed by atoms with Crippen LogP contribution in [-0.4, -0.2) is 19.6 Å². The maximum atomic E-state index is 12.2. The summed E-state index contributed by atoms with van der Waals surface area (Å²) in [4.78, 5) is 16.0. The highest BCUT2D eigenvalue weighted by atomic mass is 19.4. The largest absolute Gasteiger partial charge is 0.453 e. The SMILES string of the molecule is Nc1cc(=O)[nH]c2nc(C(F)(F)F)nn12. The van der Waals surface area contributed by atoms with Crippen molar-refractivity contribution < 1.29 is 13.2 Å². The van der Waals surface area contributed by atoms with Crippen molar-refractivity contribution in [3.63, 3.8) is 0 Å². The monoisotopic (exact) mass is 219 g/mol. The van der Waals surface area contributed by atoms with Gasteiger partial charge in [-0.05, 0) is 0 Å². The van der Waals surface area contributed by atoms with Gasteiger partial charge < -0.3 is 5.73 Å². The molecular weight excluding hydrogens is 215 g/mol. The van der Waals surface area contributed by atoms with Crippen LogP contribution in [0.25, 0.3) is 5.78 Å². The van der Waals surface area contributed by atoms with Crippen molar-refractivity contribution in [2.75, 3.05) is 5.73 Å². The van der Waals surface area contributed by atoms with Crippen LogP contribution < -0.4 is 11.3 Å². The lowest BCUT2D eigenvalue weighted by Crippen LogP contribution is -2.11. The van der Waals surface area contributed by atoms with E-state index in [1.807, 2.05) is 0 Å². The number of H-pyrrole nitrogens is 1. The lowest BCUT2D eigenvalue weighted by molar-refractivity contribution is -0.144. The van der Waals surface area contributed by atoms with Crippen molar-refractivity contribution in [2.45, 2.75) is 6.18 Å². The first-order chi connectivity index (χ1) is 6.88. The van der Waals surface area contributed by atoms with Gasteiger partial charge in [-0.1, -0.05) is 0 Å². The number of nitrogens with two attached hydrogens (primary N) is 1. The van der Waals surface area contributed by atoms with Crippen LogP contribution in [-0.2, 0) is 6.18 Å². The average Bonchev–Trinajstić information content (AvgIpc) is 2.46. The molecule has 9 heteroatoms. The molecule has 3 N–H and O–H groups in total. The summed E-state index contributed by atoms with van der Waals surface area (Å²) in [5.74, 6) is -1.90. The van der Waals surface area contributed by atoms with Crippen LogP contribution in [0.4, 0.5) is 19.0 Å². The summed E-state index contributed by atoms with van der Waals surface area (Å²) in [7, 11) is 0. The van der Waals surface area contributed by atoms with Crippen molar-refractivity contribution in [3.8, 4) is 0 Å². The zero-order valence-corrected chi connectivity index (χ0v) is 7.04. The second kappa shape index (κ2) is 2.72. The summed E-state index contributed by atoms with van der Waals surface area (Å²) < 4.78 is 37.3. The predicted molar refractivity (Wildman–Crippen MR) is 43.0 cm³/mol. The molecular formula is C6H4F3N5O. The van der Waals surface area contributed by atoms with Crippen molar-refractivity contribution in [2.24, 2.45) is 0 Å². The lowest BCUT2D eigenvalue weighted by Gasteiger charge is -1.97. The van der Waals surface area contributed by atoms with Crippen LogP contribution in [0, 0.1) is 0 Å². The van der Waals surface area contributed by atoms with Gasteiger partial charge in [0.2, 0.25) is 5.78 Å². The van der Waals surface area contributed by atoms with Crippen LogP contribution in [0.15, 0.2) is 10.9 Å². The Morgan fingerprint density at radius 3 is 2.73 bits per heavy atom. The summed E-state index contributed by atoms with van der Waals surface area (Å²) in [5, 5.41) is 3.11. The molecule has 0 aliphatic heterocycles. The van der Waals surface area contributed by atoms with Crippen LogP contribution in [0.2, 0.25) is 0 Å². The summed E-state index contributed by atoms with van der Waals surface area (Å²) in [6, 6.07) is 0.918. The number of nitrogens with one attached hydrogen (secondary N) is 1. The minimum Gasteiger partial charge on any atom is -0.383 e. The Bertz CT molecular complexity index is 568. The van der Waals surface area contributed by atoms with Gasteiger partial charge in [-0.15, -0.1) is 5.10 Å². The molecule has 0 aromatic carbocycles. The molecule has 0 atom stereocenters. The van der Waals surface area contributed by atoms with E-state index in [9.17, 15) is 18.0 Å². The van der Waals surface area contributed by atoms with E-state index in [4.69, 9.17) is 5.73 Å². The van der Waals surface area contributed by atoms with Crippen LogP contribution in [0.3, 0.4) is 0 Å². The van der Waals surface area contributed by atoms with Gasteiger partial charge in [0.25, 0.3) is 11.4 Å². The summed E-state index contributed by atoms with van der Waals surface area (Å²) in [5.41, 5.74) is 4.65. The Kier molecular flexibility index (Phi) is 1.72. The zero-order chi connectivity index (χ0) is 11.2. The topological polar surface area (TPSA) is 89.1 Å². The molecule has 0 spiro atoms.